The molecule has 0 atom stereocenters. The van der Waals surface area contributed by atoms with E-state index in [-0.39, 0.29) is 33.6 Å². The van der Waals surface area contributed by atoms with Crippen molar-refractivity contribution < 1.29 is 27.5 Å². The van der Waals surface area contributed by atoms with Crippen LogP contribution in [0.5, 0.6) is 11.5 Å². The van der Waals surface area contributed by atoms with Crippen LogP contribution in [-0.2, 0) is 10.0 Å². The van der Waals surface area contributed by atoms with Crippen LogP contribution in [0.25, 0.3) is 0 Å². The molecule has 0 aromatic heterocycles. The minimum atomic E-state index is -4.13. The molecule has 3 aromatic rings. The van der Waals surface area contributed by atoms with Crippen LogP contribution in [0, 0.1) is 0 Å². The molecule has 0 unspecified atom stereocenters. The fraction of sp³-hybridized carbons (Fsp3) is 0.120. The highest BCUT2D eigenvalue weighted by Crippen LogP contribution is 2.33. The van der Waals surface area contributed by atoms with Gasteiger partial charge in [0.2, 0.25) is 0 Å². The Balaban J connectivity index is 1.97. The first kappa shape index (κ1) is 25.0. The van der Waals surface area contributed by atoms with Gasteiger partial charge < -0.3 is 9.47 Å². The van der Waals surface area contributed by atoms with Crippen molar-refractivity contribution in [2.45, 2.75) is 11.8 Å². The molecule has 0 aliphatic rings. The number of hydrogen-bond donors (Lipinski definition) is 0. The van der Waals surface area contributed by atoms with E-state index < -0.39 is 16.0 Å². The summed E-state index contributed by atoms with van der Waals surface area (Å²) in [5.41, 5.74) is 0.649. The molecule has 0 saturated heterocycles. The first-order valence-corrected chi connectivity index (χ1v) is 11.9. The summed E-state index contributed by atoms with van der Waals surface area (Å²) in [4.78, 5) is 24.0. The number of Topliss-reactive ketones (excluding diaryl/α,β-unsaturated/α-hetero) is 1. The van der Waals surface area contributed by atoms with Crippen molar-refractivity contribution >= 4 is 39.1 Å². The fourth-order valence-electron chi connectivity index (χ4n) is 3.15. The molecule has 0 radical (unpaired) electrons. The van der Waals surface area contributed by atoms with Gasteiger partial charge in [0, 0.05) is 5.56 Å². The van der Waals surface area contributed by atoms with Gasteiger partial charge in [-0.3, -0.25) is 9.10 Å². The monoisotopic (exact) mass is 499 g/mol. The number of esters is 1. The van der Waals surface area contributed by atoms with Crippen LogP contribution in [0.15, 0.2) is 84.3 Å². The highest BCUT2D eigenvalue weighted by molar-refractivity contribution is 7.92. The van der Waals surface area contributed by atoms with Gasteiger partial charge in [-0.2, -0.15) is 0 Å². The van der Waals surface area contributed by atoms with E-state index in [0.29, 0.717) is 17.0 Å². The zero-order valence-corrected chi connectivity index (χ0v) is 20.1. The maximum atomic E-state index is 13.5. The van der Waals surface area contributed by atoms with Crippen LogP contribution >= 0.6 is 11.6 Å². The second kappa shape index (κ2) is 10.5. The highest BCUT2D eigenvalue weighted by Gasteiger charge is 2.28. The molecular weight excluding hydrogens is 478 g/mol. The molecule has 176 valence electrons. The minimum absolute atomic E-state index is 0.0249. The van der Waals surface area contributed by atoms with Crippen LogP contribution in [-0.4, -0.2) is 33.8 Å². The predicted molar refractivity (Wildman–Crippen MR) is 131 cm³/mol. The standard InChI is InChI=1S/C25H22ClNO6S/c1-4-15-27(23-7-5-6-8-24(23)32-3)34(30,31)20-13-14-22(26)21(16-20)25(29)33-19-11-9-18(10-12-19)17(2)28/h4-14,16H,1,15H2,2-3H3. The van der Waals surface area contributed by atoms with E-state index in [4.69, 9.17) is 21.1 Å². The lowest BCUT2D eigenvalue weighted by molar-refractivity contribution is 0.0734. The number of carbonyl (C=O) groups is 2. The zero-order chi connectivity index (χ0) is 24.9. The summed E-state index contributed by atoms with van der Waals surface area (Å²) in [6.45, 7) is 5.04. The maximum Gasteiger partial charge on any atom is 0.345 e. The number of rotatable bonds is 9. The molecule has 34 heavy (non-hydrogen) atoms. The summed E-state index contributed by atoms with van der Waals surface area (Å²) in [6, 6.07) is 16.4. The molecule has 7 nitrogen and oxygen atoms in total. The maximum absolute atomic E-state index is 13.5. The minimum Gasteiger partial charge on any atom is -0.495 e. The van der Waals surface area contributed by atoms with Crippen molar-refractivity contribution in [3.05, 3.63) is 95.5 Å². The third-order valence-electron chi connectivity index (χ3n) is 4.87. The van der Waals surface area contributed by atoms with Crippen molar-refractivity contribution in [3.8, 4) is 11.5 Å². The van der Waals surface area contributed by atoms with E-state index in [2.05, 4.69) is 6.58 Å². The van der Waals surface area contributed by atoms with Crippen LogP contribution in [0.1, 0.15) is 27.6 Å². The number of ketones is 1. The van der Waals surface area contributed by atoms with Crippen molar-refractivity contribution in [2.24, 2.45) is 0 Å². The van der Waals surface area contributed by atoms with Crippen molar-refractivity contribution in [2.75, 3.05) is 18.0 Å². The SMILES string of the molecule is C=CCN(c1ccccc1OC)S(=O)(=O)c1ccc(Cl)c(C(=O)Oc2ccc(C(C)=O)cc2)c1. The van der Waals surface area contributed by atoms with E-state index in [1.165, 1.54) is 56.5 Å². The van der Waals surface area contributed by atoms with Gasteiger partial charge in [0.15, 0.2) is 5.78 Å². The van der Waals surface area contributed by atoms with Crippen LogP contribution < -0.4 is 13.8 Å². The molecule has 0 bridgehead atoms. The number of anilines is 1. The second-order valence-corrected chi connectivity index (χ2v) is 9.38. The molecule has 0 saturated carbocycles. The Hall–Kier alpha value is -3.62. The Labute approximate surface area is 203 Å². The van der Waals surface area contributed by atoms with E-state index >= 15 is 0 Å². The summed E-state index contributed by atoms with van der Waals surface area (Å²) in [7, 11) is -2.69. The number of sulfonamides is 1. The summed E-state index contributed by atoms with van der Waals surface area (Å²) in [5.74, 6) is -0.430. The first-order valence-electron chi connectivity index (χ1n) is 10.1. The number of halogens is 1. The van der Waals surface area contributed by atoms with Gasteiger partial charge in [0.1, 0.15) is 11.5 Å². The van der Waals surface area contributed by atoms with Gasteiger partial charge in [-0.05, 0) is 61.5 Å². The first-order chi connectivity index (χ1) is 16.2. The molecular formula is C25H22ClNO6S. The van der Waals surface area contributed by atoms with E-state index in [9.17, 15) is 18.0 Å². The smallest absolute Gasteiger partial charge is 0.345 e. The van der Waals surface area contributed by atoms with Gasteiger partial charge in [-0.1, -0.05) is 29.8 Å². The van der Waals surface area contributed by atoms with Crippen molar-refractivity contribution in [1.29, 1.82) is 0 Å². The quantitative estimate of drug-likeness (QED) is 0.175. The molecule has 0 heterocycles. The number of methoxy groups -OCH3 is 1. The second-order valence-electron chi connectivity index (χ2n) is 7.11. The Morgan fingerprint density at radius 1 is 1.06 bits per heavy atom. The van der Waals surface area contributed by atoms with E-state index in [1.54, 1.807) is 24.3 Å². The molecule has 3 rings (SSSR count). The molecule has 0 spiro atoms. The summed E-state index contributed by atoms with van der Waals surface area (Å²) < 4.78 is 38.8. The van der Waals surface area contributed by atoms with Gasteiger partial charge in [-0.15, -0.1) is 6.58 Å². The largest absolute Gasteiger partial charge is 0.495 e. The Morgan fingerprint density at radius 3 is 2.35 bits per heavy atom. The molecule has 0 amide bonds. The van der Waals surface area contributed by atoms with Crippen molar-refractivity contribution in [1.82, 2.24) is 0 Å². The number of benzene rings is 3. The molecule has 0 N–H and O–H groups in total. The molecule has 9 heteroatoms. The topological polar surface area (TPSA) is 90.0 Å². The number of hydrogen-bond acceptors (Lipinski definition) is 6. The number of carbonyl (C=O) groups excluding carboxylic acids is 2. The number of nitrogens with zero attached hydrogens (tertiary/aromatic N) is 1. The van der Waals surface area contributed by atoms with Gasteiger partial charge in [-0.25, -0.2) is 13.2 Å². The predicted octanol–water partition coefficient (Wildman–Crippen LogP) is 5.15. The summed E-state index contributed by atoms with van der Waals surface area (Å²) in [5, 5.41) is 0.0249. The number of ether oxygens (including phenoxy) is 2. The van der Waals surface area contributed by atoms with Gasteiger partial charge in [0.05, 0.1) is 34.8 Å². The Kier molecular flexibility index (Phi) is 7.75. The lowest BCUT2D eigenvalue weighted by atomic mass is 10.1. The molecule has 3 aromatic carbocycles. The zero-order valence-electron chi connectivity index (χ0n) is 18.5. The summed E-state index contributed by atoms with van der Waals surface area (Å²) in [6.07, 6.45) is 1.44. The summed E-state index contributed by atoms with van der Waals surface area (Å²) >= 11 is 6.19. The van der Waals surface area contributed by atoms with Crippen LogP contribution in [0.2, 0.25) is 5.02 Å². The Bertz CT molecular complexity index is 1340. The van der Waals surface area contributed by atoms with Crippen LogP contribution in [0.4, 0.5) is 5.69 Å². The average Bonchev–Trinajstić information content (AvgIpc) is 2.82. The van der Waals surface area contributed by atoms with Gasteiger partial charge >= 0.3 is 5.97 Å². The third-order valence-corrected chi connectivity index (χ3v) is 6.97. The molecule has 0 fully saturated rings. The van der Waals surface area contributed by atoms with Crippen LogP contribution in [0.3, 0.4) is 0 Å². The van der Waals surface area contributed by atoms with Crippen molar-refractivity contribution in [3.63, 3.8) is 0 Å². The molecule has 0 aliphatic heterocycles. The average molecular weight is 500 g/mol. The lowest BCUT2D eigenvalue weighted by Crippen LogP contribution is -2.31. The van der Waals surface area contributed by atoms with E-state index in [1.807, 2.05) is 0 Å². The van der Waals surface area contributed by atoms with E-state index in [0.717, 1.165) is 10.4 Å². The molecule has 0 aliphatic carbocycles. The lowest BCUT2D eigenvalue weighted by Gasteiger charge is -2.25. The fourth-order valence-corrected chi connectivity index (χ4v) is 4.81. The normalized spacial score (nSPS) is 10.9. The number of para-hydroxylation sites is 2. The Morgan fingerprint density at radius 2 is 1.74 bits per heavy atom. The van der Waals surface area contributed by atoms with Gasteiger partial charge in [0.25, 0.3) is 10.0 Å². The highest BCUT2D eigenvalue weighted by atomic mass is 35.5. The third kappa shape index (κ3) is 5.30.